The maximum atomic E-state index is 10.9. The highest BCUT2D eigenvalue weighted by atomic mass is 16.3. The average molecular weight is 215 g/mol. The van der Waals surface area contributed by atoms with Crippen molar-refractivity contribution in [3.8, 4) is 11.9 Å². The third-order valence-electron chi connectivity index (χ3n) is 2.22. The van der Waals surface area contributed by atoms with Gasteiger partial charge in [-0.3, -0.25) is 4.98 Å². The second kappa shape index (κ2) is 3.95. The summed E-state index contributed by atoms with van der Waals surface area (Å²) < 4.78 is 0. The molecule has 0 aliphatic rings. The van der Waals surface area contributed by atoms with Crippen LogP contribution in [0, 0.1) is 11.3 Å². The number of aromatic nitrogens is 2. The molecule has 2 aromatic rings. The number of aromatic hydroxyl groups is 1. The molecule has 0 radical (unpaired) electrons. The fourth-order valence-electron chi connectivity index (χ4n) is 1.49. The molecule has 5 nitrogen and oxygen atoms in total. The number of nitrogens with zero attached hydrogens (tertiary/aromatic N) is 1. The Balaban J connectivity index is 2.31. The standard InChI is InChI=1S/C11H9N3O2/c12-6-8-3-1-2-7(4-8)5-9-10(15)14-11(16)13-9/h1-4,15H,5H2,(H2,13,14,16). The molecule has 0 unspecified atom stereocenters. The lowest BCUT2D eigenvalue weighted by Gasteiger charge is -1.99. The van der Waals surface area contributed by atoms with Gasteiger partial charge in [0.2, 0.25) is 5.88 Å². The molecule has 1 aromatic heterocycles. The predicted octanol–water partition coefficient (Wildman–Crippen LogP) is 0.871. The SMILES string of the molecule is N#Cc1cccc(Cc2[nH]c(=O)[nH]c2O)c1. The van der Waals surface area contributed by atoms with Crippen LogP contribution in [0.3, 0.4) is 0 Å². The lowest BCUT2D eigenvalue weighted by molar-refractivity contribution is 0.450. The van der Waals surface area contributed by atoms with Gasteiger partial charge < -0.3 is 10.1 Å². The van der Waals surface area contributed by atoms with Gasteiger partial charge in [-0.2, -0.15) is 5.26 Å². The summed E-state index contributed by atoms with van der Waals surface area (Å²) in [5.41, 5.74) is 1.38. The topological polar surface area (TPSA) is 92.7 Å². The van der Waals surface area contributed by atoms with Crippen LogP contribution in [-0.2, 0) is 6.42 Å². The Labute approximate surface area is 91.0 Å². The Morgan fingerprint density at radius 3 is 2.81 bits per heavy atom. The molecule has 1 aromatic carbocycles. The number of rotatable bonds is 2. The first kappa shape index (κ1) is 10.1. The zero-order chi connectivity index (χ0) is 11.5. The minimum absolute atomic E-state index is 0.160. The molecule has 3 N–H and O–H groups in total. The summed E-state index contributed by atoms with van der Waals surface area (Å²) in [6.45, 7) is 0. The first-order chi connectivity index (χ1) is 7.69. The summed E-state index contributed by atoms with van der Waals surface area (Å²) in [5, 5.41) is 18.1. The molecule has 0 saturated heterocycles. The lowest BCUT2D eigenvalue weighted by Crippen LogP contribution is -2.01. The quantitative estimate of drug-likeness (QED) is 0.694. The molecule has 0 saturated carbocycles. The summed E-state index contributed by atoms with van der Waals surface area (Å²) in [4.78, 5) is 15.6. The van der Waals surface area contributed by atoms with E-state index < -0.39 is 5.69 Å². The van der Waals surface area contributed by atoms with E-state index in [1.165, 1.54) is 0 Å². The van der Waals surface area contributed by atoms with E-state index in [0.29, 0.717) is 17.7 Å². The lowest BCUT2D eigenvalue weighted by atomic mass is 10.1. The van der Waals surface area contributed by atoms with E-state index in [1.54, 1.807) is 18.2 Å². The second-order valence-corrected chi connectivity index (χ2v) is 3.40. The number of hydrogen-bond donors (Lipinski definition) is 3. The van der Waals surface area contributed by atoms with Crippen molar-refractivity contribution in [2.24, 2.45) is 0 Å². The Hall–Kier alpha value is -2.48. The molecule has 16 heavy (non-hydrogen) atoms. The van der Waals surface area contributed by atoms with Gasteiger partial charge in [0.25, 0.3) is 0 Å². The van der Waals surface area contributed by atoms with Crippen LogP contribution in [0.15, 0.2) is 29.1 Å². The molecule has 0 aliphatic carbocycles. The molecule has 0 atom stereocenters. The smallest absolute Gasteiger partial charge is 0.325 e. The van der Waals surface area contributed by atoms with Gasteiger partial charge in [-0.25, -0.2) is 4.79 Å². The number of nitrogens with one attached hydrogen (secondary N) is 2. The first-order valence-corrected chi connectivity index (χ1v) is 4.68. The summed E-state index contributed by atoms with van der Waals surface area (Å²) >= 11 is 0. The van der Waals surface area contributed by atoms with Gasteiger partial charge in [0.15, 0.2) is 0 Å². The van der Waals surface area contributed by atoms with Crippen LogP contribution in [0.2, 0.25) is 0 Å². The van der Waals surface area contributed by atoms with Crippen molar-refractivity contribution in [3.05, 3.63) is 51.6 Å². The Morgan fingerprint density at radius 2 is 2.19 bits per heavy atom. The highest BCUT2D eigenvalue weighted by Crippen LogP contribution is 2.14. The fraction of sp³-hybridized carbons (Fsp3) is 0.0909. The van der Waals surface area contributed by atoms with Crippen LogP contribution in [0.1, 0.15) is 16.8 Å². The van der Waals surface area contributed by atoms with E-state index >= 15 is 0 Å². The summed E-state index contributed by atoms with van der Waals surface area (Å²) in [6.07, 6.45) is 0.375. The highest BCUT2D eigenvalue weighted by Gasteiger charge is 2.06. The number of aromatic amines is 2. The van der Waals surface area contributed by atoms with Crippen LogP contribution < -0.4 is 5.69 Å². The van der Waals surface area contributed by atoms with Gasteiger partial charge in [0, 0.05) is 6.42 Å². The van der Waals surface area contributed by atoms with E-state index in [1.807, 2.05) is 12.1 Å². The molecule has 2 rings (SSSR count). The molecular weight excluding hydrogens is 206 g/mol. The normalized spacial score (nSPS) is 9.94. The van der Waals surface area contributed by atoms with E-state index in [4.69, 9.17) is 5.26 Å². The van der Waals surface area contributed by atoms with Crippen molar-refractivity contribution in [3.63, 3.8) is 0 Å². The second-order valence-electron chi connectivity index (χ2n) is 3.40. The fourth-order valence-corrected chi connectivity index (χ4v) is 1.49. The van der Waals surface area contributed by atoms with Gasteiger partial charge in [0.1, 0.15) is 0 Å². The first-order valence-electron chi connectivity index (χ1n) is 4.68. The molecule has 0 spiro atoms. The van der Waals surface area contributed by atoms with Gasteiger partial charge in [-0.1, -0.05) is 12.1 Å². The maximum Gasteiger partial charge on any atom is 0.325 e. The number of hydrogen-bond acceptors (Lipinski definition) is 3. The van der Waals surface area contributed by atoms with Crippen LogP contribution in [0.5, 0.6) is 5.88 Å². The van der Waals surface area contributed by atoms with Gasteiger partial charge in [0.05, 0.1) is 17.3 Å². The minimum atomic E-state index is -0.441. The monoisotopic (exact) mass is 215 g/mol. The third kappa shape index (κ3) is 1.96. The Bertz CT molecular complexity index is 604. The van der Waals surface area contributed by atoms with E-state index in [0.717, 1.165) is 5.56 Å². The maximum absolute atomic E-state index is 10.9. The van der Waals surface area contributed by atoms with Gasteiger partial charge in [-0.15, -0.1) is 0 Å². The van der Waals surface area contributed by atoms with E-state index in [-0.39, 0.29) is 5.88 Å². The number of benzene rings is 1. The highest BCUT2D eigenvalue weighted by molar-refractivity contribution is 5.35. The summed E-state index contributed by atoms with van der Waals surface area (Å²) in [6, 6.07) is 9.03. The molecule has 1 heterocycles. The Kier molecular flexibility index (Phi) is 2.48. The predicted molar refractivity (Wildman–Crippen MR) is 57.0 cm³/mol. The van der Waals surface area contributed by atoms with Crippen LogP contribution >= 0.6 is 0 Å². The Morgan fingerprint density at radius 1 is 1.38 bits per heavy atom. The van der Waals surface area contributed by atoms with Crippen LogP contribution in [0.4, 0.5) is 0 Å². The van der Waals surface area contributed by atoms with Gasteiger partial charge in [-0.05, 0) is 17.7 Å². The molecule has 80 valence electrons. The molecule has 0 bridgehead atoms. The van der Waals surface area contributed by atoms with Crippen molar-refractivity contribution in [2.75, 3.05) is 0 Å². The molecule has 0 fully saturated rings. The van der Waals surface area contributed by atoms with E-state index in [9.17, 15) is 9.90 Å². The zero-order valence-electron chi connectivity index (χ0n) is 8.32. The molecular formula is C11H9N3O2. The zero-order valence-corrected chi connectivity index (χ0v) is 8.32. The van der Waals surface area contributed by atoms with Crippen molar-refractivity contribution in [2.45, 2.75) is 6.42 Å². The minimum Gasteiger partial charge on any atom is -0.493 e. The average Bonchev–Trinajstić information content (AvgIpc) is 2.58. The molecule has 5 heteroatoms. The largest absolute Gasteiger partial charge is 0.493 e. The number of nitriles is 1. The van der Waals surface area contributed by atoms with E-state index in [2.05, 4.69) is 9.97 Å². The van der Waals surface area contributed by atoms with Crippen molar-refractivity contribution >= 4 is 0 Å². The molecule has 0 aliphatic heterocycles. The van der Waals surface area contributed by atoms with Crippen LogP contribution in [0.25, 0.3) is 0 Å². The van der Waals surface area contributed by atoms with Crippen molar-refractivity contribution in [1.82, 2.24) is 9.97 Å². The van der Waals surface area contributed by atoms with Crippen molar-refractivity contribution in [1.29, 1.82) is 5.26 Å². The van der Waals surface area contributed by atoms with Crippen LogP contribution in [-0.4, -0.2) is 15.1 Å². The van der Waals surface area contributed by atoms with Crippen molar-refractivity contribution < 1.29 is 5.11 Å². The summed E-state index contributed by atoms with van der Waals surface area (Å²) in [7, 11) is 0. The van der Waals surface area contributed by atoms with Gasteiger partial charge >= 0.3 is 5.69 Å². The number of imidazole rings is 1. The number of H-pyrrole nitrogens is 2. The third-order valence-corrected chi connectivity index (χ3v) is 2.22. The molecule has 0 amide bonds. The summed E-state index contributed by atoms with van der Waals surface area (Å²) in [5.74, 6) is -0.160.